The fourth-order valence-corrected chi connectivity index (χ4v) is 2.47. The number of carbonyl (C=O) groups excluding carboxylic acids is 1. The monoisotopic (exact) mass is 298 g/mol. The lowest BCUT2D eigenvalue weighted by Gasteiger charge is -2.10. The molecule has 0 bridgehead atoms. The van der Waals surface area contributed by atoms with E-state index in [2.05, 4.69) is 4.74 Å². The van der Waals surface area contributed by atoms with E-state index in [9.17, 15) is 18.4 Å². The number of benzene rings is 1. The lowest BCUT2D eigenvalue weighted by atomic mass is 10.1. The van der Waals surface area contributed by atoms with E-state index in [1.807, 2.05) is 0 Å². The fourth-order valence-electron chi connectivity index (χ4n) is 1.61. The molecule has 4 nitrogen and oxygen atoms in total. The number of carbonyl (C=O) groups is 2. The number of thiophene rings is 1. The van der Waals surface area contributed by atoms with E-state index in [-0.39, 0.29) is 11.3 Å². The molecule has 7 heteroatoms. The molecule has 2 rings (SSSR count). The Labute approximate surface area is 116 Å². The first-order chi connectivity index (χ1) is 9.51. The number of alkyl halides is 2. The number of carboxylic acid groups (broad SMARTS) is 1. The van der Waals surface area contributed by atoms with Crippen molar-refractivity contribution in [2.45, 2.75) is 6.61 Å². The highest BCUT2D eigenvalue weighted by molar-refractivity contribution is 7.17. The molecule has 1 N–H and O–H groups in total. The summed E-state index contributed by atoms with van der Waals surface area (Å²) >= 11 is 1.10. The van der Waals surface area contributed by atoms with Gasteiger partial charge in [-0.05, 0) is 30.3 Å². The molecular formula is C13H8F2O4S. The summed E-state index contributed by atoms with van der Waals surface area (Å²) in [6, 6.07) is 6.83. The average molecular weight is 298 g/mol. The molecule has 0 aliphatic carbocycles. The maximum atomic E-state index is 12.4. The third kappa shape index (κ3) is 3.00. The molecule has 0 fully saturated rings. The van der Waals surface area contributed by atoms with Gasteiger partial charge < -0.3 is 9.84 Å². The van der Waals surface area contributed by atoms with Crippen LogP contribution in [0.25, 0.3) is 10.4 Å². The van der Waals surface area contributed by atoms with Gasteiger partial charge in [0.05, 0.1) is 10.4 Å². The van der Waals surface area contributed by atoms with Crippen LogP contribution in [0.15, 0.2) is 30.3 Å². The molecule has 0 saturated heterocycles. The van der Waals surface area contributed by atoms with Crippen LogP contribution in [0, 0.1) is 0 Å². The van der Waals surface area contributed by atoms with Crippen molar-refractivity contribution in [1.29, 1.82) is 0 Å². The number of rotatable bonds is 5. The molecule has 0 saturated carbocycles. The van der Waals surface area contributed by atoms with Gasteiger partial charge in [-0.1, -0.05) is 0 Å². The minimum Gasteiger partial charge on any atom is -0.478 e. The molecule has 1 heterocycles. The standard InChI is InChI=1S/C13H8F2O4S/c14-13(15)19-10-5-7(12(17)18)1-3-9(10)11-4-2-8(6-16)20-11/h1-6,13H,(H,17,18). The Morgan fingerprint density at radius 1 is 1.30 bits per heavy atom. The predicted octanol–water partition coefficient (Wildman–Crippen LogP) is 3.53. The number of aldehydes is 1. The summed E-state index contributed by atoms with van der Waals surface area (Å²) in [6.45, 7) is -3.07. The van der Waals surface area contributed by atoms with E-state index in [0.717, 1.165) is 17.4 Å². The van der Waals surface area contributed by atoms with Crippen LogP contribution in [0.3, 0.4) is 0 Å². The van der Waals surface area contributed by atoms with Crippen molar-refractivity contribution >= 4 is 23.6 Å². The molecular weight excluding hydrogens is 290 g/mol. The third-order valence-electron chi connectivity index (χ3n) is 2.45. The van der Waals surface area contributed by atoms with Crippen molar-refractivity contribution in [2.75, 3.05) is 0 Å². The molecule has 0 unspecified atom stereocenters. The Morgan fingerprint density at radius 3 is 2.60 bits per heavy atom. The van der Waals surface area contributed by atoms with Gasteiger partial charge in [-0.3, -0.25) is 4.79 Å². The maximum Gasteiger partial charge on any atom is 0.387 e. The SMILES string of the molecule is O=Cc1ccc(-c2ccc(C(=O)O)cc2OC(F)F)s1. The van der Waals surface area contributed by atoms with Gasteiger partial charge >= 0.3 is 12.6 Å². The van der Waals surface area contributed by atoms with Crippen LogP contribution in [-0.2, 0) is 0 Å². The number of ether oxygens (including phenoxy) is 1. The first-order valence-corrected chi connectivity index (χ1v) is 6.20. The third-order valence-corrected chi connectivity index (χ3v) is 3.50. The highest BCUT2D eigenvalue weighted by atomic mass is 32.1. The predicted molar refractivity (Wildman–Crippen MR) is 68.7 cm³/mol. The summed E-state index contributed by atoms with van der Waals surface area (Å²) < 4.78 is 29.2. The van der Waals surface area contributed by atoms with E-state index >= 15 is 0 Å². The van der Waals surface area contributed by atoms with Crippen molar-refractivity contribution in [3.05, 3.63) is 40.8 Å². The molecule has 0 amide bonds. The quantitative estimate of drug-likeness (QED) is 0.858. The second-order valence-corrected chi connectivity index (χ2v) is 4.83. The van der Waals surface area contributed by atoms with Gasteiger partial charge in [-0.25, -0.2) is 4.79 Å². The van der Waals surface area contributed by atoms with Crippen molar-refractivity contribution in [2.24, 2.45) is 0 Å². The first kappa shape index (κ1) is 14.1. The van der Waals surface area contributed by atoms with Crippen LogP contribution in [0.5, 0.6) is 5.75 Å². The number of aromatic carboxylic acids is 1. The zero-order chi connectivity index (χ0) is 14.7. The molecule has 0 radical (unpaired) electrons. The molecule has 0 aliphatic heterocycles. The largest absolute Gasteiger partial charge is 0.478 e. The highest BCUT2D eigenvalue weighted by Gasteiger charge is 2.16. The van der Waals surface area contributed by atoms with Crippen molar-refractivity contribution < 1.29 is 28.2 Å². The average Bonchev–Trinajstić information content (AvgIpc) is 2.86. The van der Waals surface area contributed by atoms with E-state index in [4.69, 9.17) is 5.11 Å². The van der Waals surface area contributed by atoms with Crippen LogP contribution in [-0.4, -0.2) is 24.0 Å². The summed E-state index contributed by atoms with van der Waals surface area (Å²) in [5, 5.41) is 8.86. The molecule has 104 valence electrons. The molecule has 1 aromatic heterocycles. The van der Waals surface area contributed by atoms with Crippen molar-refractivity contribution in [1.82, 2.24) is 0 Å². The molecule has 0 aliphatic rings. The second kappa shape index (κ2) is 5.79. The smallest absolute Gasteiger partial charge is 0.387 e. The van der Waals surface area contributed by atoms with Gasteiger partial charge in [-0.2, -0.15) is 8.78 Å². The summed E-state index contributed by atoms with van der Waals surface area (Å²) in [5.74, 6) is -1.48. The summed E-state index contributed by atoms with van der Waals surface area (Å²) in [7, 11) is 0. The van der Waals surface area contributed by atoms with Crippen molar-refractivity contribution in [3.63, 3.8) is 0 Å². The summed E-state index contributed by atoms with van der Waals surface area (Å²) in [6.07, 6.45) is 0.646. The Kier molecular flexibility index (Phi) is 4.09. The van der Waals surface area contributed by atoms with Gasteiger partial charge in [0.1, 0.15) is 5.75 Å². The number of halogens is 2. The van der Waals surface area contributed by atoms with Gasteiger partial charge in [0.15, 0.2) is 6.29 Å². The molecule has 2 aromatic rings. The van der Waals surface area contributed by atoms with Crippen LogP contribution in [0.1, 0.15) is 20.0 Å². The van der Waals surface area contributed by atoms with Crippen LogP contribution >= 0.6 is 11.3 Å². The maximum absolute atomic E-state index is 12.4. The van der Waals surface area contributed by atoms with Crippen LogP contribution < -0.4 is 4.74 Å². The summed E-state index contributed by atoms with van der Waals surface area (Å²) in [4.78, 5) is 22.5. The first-order valence-electron chi connectivity index (χ1n) is 5.39. The van der Waals surface area contributed by atoms with E-state index in [1.165, 1.54) is 12.1 Å². The Balaban J connectivity index is 2.50. The lowest BCUT2D eigenvalue weighted by molar-refractivity contribution is -0.0495. The molecule has 20 heavy (non-hydrogen) atoms. The Morgan fingerprint density at radius 2 is 2.05 bits per heavy atom. The topological polar surface area (TPSA) is 63.6 Å². The van der Waals surface area contributed by atoms with Crippen LogP contribution in [0.4, 0.5) is 8.78 Å². The zero-order valence-corrected chi connectivity index (χ0v) is 10.7. The fraction of sp³-hybridized carbons (Fsp3) is 0.0769. The van der Waals surface area contributed by atoms with Gasteiger partial charge in [0, 0.05) is 10.4 Å². The summed E-state index contributed by atoms with van der Waals surface area (Å²) in [5.41, 5.74) is 0.157. The zero-order valence-electron chi connectivity index (χ0n) is 9.88. The Hall–Kier alpha value is -2.28. The highest BCUT2D eigenvalue weighted by Crippen LogP contribution is 2.36. The molecule has 0 spiro atoms. The Bertz CT molecular complexity index is 652. The van der Waals surface area contributed by atoms with E-state index in [1.54, 1.807) is 12.1 Å². The van der Waals surface area contributed by atoms with Crippen LogP contribution in [0.2, 0.25) is 0 Å². The normalized spacial score (nSPS) is 10.6. The van der Waals surface area contributed by atoms with E-state index < -0.39 is 12.6 Å². The minimum absolute atomic E-state index is 0.156. The van der Waals surface area contributed by atoms with Crippen molar-refractivity contribution in [3.8, 4) is 16.2 Å². The van der Waals surface area contributed by atoms with Gasteiger partial charge in [0.25, 0.3) is 0 Å². The van der Waals surface area contributed by atoms with E-state index in [0.29, 0.717) is 21.6 Å². The number of carboxylic acids is 1. The van der Waals surface area contributed by atoms with Gasteiger partial charge in [-0.15, -0.1) is 11.3 Å². The minimum atomic E-state index is -3.07. The van der Waals surface area contributed by atoms with Gasteiger partial charge in [0.2, 0.25) is 0 Å². The second-order valence-electron chi connectivity index (χ2n) is 3.71. The lowest BCUT2D eigenvalue weighted by Crippen LogP contribution is -2.05. The number of hydrogen-bond acceptors (Lipinski definition) is 4. The number of hydrogen-bond donors (Lipinski definition) is 1. The molecule has 1 aromatic carbocycles. The molecule has 0 atom stereocenters.